The Hall–Kier alpha value is -1.21. The number of hydrogen-bond acceptors (Lipinski definition) is 5. The highest BCUT2D eigenvalue weighted by Crippen LogP contribution is 2.37. The Morgan fingerprint density at radius 1 is 1.22 bits per heavy atom. The van der Waals surface area contributed by atoms with E-state index in [0.29, 0.717) is 23.3 Å². The number of rotatable bonds is 9. The fourth-order valence-corrected chi connectivity index (χ4v) is 4.51. The van der Waals surface area contributed by atoms with Gasteiger partial charge in [-0.15, -0.1) is 0 Å². The summed E-state index contributed by atoms with van der Waals surface area (Å²) in [6, 6.07) is 5.50. The third-order valence-corrected chi connectivity index (χ3v) is 5.23. The van der Waals surface area contributed by atoms with Gasteiger partial charge in [0.1, 0.15) is 24.1 Å². The lowest BCUT2D eigenvalue weighted by Gasteiger charge is -2.12. The second-order valence-electron chi connectivity index (χ2n) is 6.22. The lowest BCUT2D eigenvalue weighted by atomic mass is 10.1. The van der Waals surface area contributed by atoms with Gasteiger partial charge in [0, 0.05) is 28.4 Å². The first-order valence-corrected chi connectivity index (χ1v) is 10.3. The molecule has 1 aromatic heterocycles. The second-order valence-corrected chi connectivity index (χ2v) is 8.15. The van der Waals surface area contributed by atoms with Gasteiger partial charge in [0.2, 0.25) is 0 Å². The van der Waals surface area contributed by atoms with Crippen LogP contribution in [0.15, 0.2) is 28.1 Å². The van der Waals surface area contributed by atoms with Crippen LogP contribution in [0.2, 0.25) is 10.0 Å². The van der Waals surface area contributed by atoms with E-state index in [1.54, 1.807) is 17.8 Å². The molecule has 0 atom stereocenters. The predicted molar refractivity (Wildman–Crippen MR) is 109 cm³/mol. The van der Waals surface area contributed by atoms with Gasteiger partial charge < -0.3 is 14.0 Å². The Bertz CT molecular complexity index is 773. The summed E-state index contributed by atoms with van der Waals surface area (Å²) in [6.07, 6.45) is 0. The van der Waals surface area contributed by atoms with E-state index in [9.17, 15) is 4.79 Å². The Balaban J connectivity index is 2.21. The molecule has 148 valence electrons. The maximum atomic E-state index is 10.8. The van der Waals surface area contributed by atoms with Gasteiger partial charge in [-0.1, -0.05) is 48.8 Å². The van der Waals surface area contributed by atoms with E-state index in [0.717, 1.165) is 28.0 Å². The number of ether oxygens (including phenoxy) is 2. The molecule has 0 N–H and O–H groups in total. The number of benzene rings is 1. The van der Waals surface area contributed by atoms with Crippen LogP contribution in [0.5, 0.6) is 0 Å². The number of esters is 1. The average molecular weight is 431 g/mol. The van der Waals surface area contributed by atoms with Crippen LogP contribution in [0.3, 0.4) is 0 Å². The van der Waals surface area contributed by atoms with Crippen LogP contribution in [0.1, 0.15) is 45.1 Å². The molecule has 0 aliphatic heterocycles. The van der Waals surface area contributed by atoms with Gasteiger partial charge in [-0.3, -0.25) is 4.79 Å². The van der Waals surface area contributed by atoms with Crippen LogP contribution in [0.4, 0.5) is 0 Å². The van der Waals surface area contributed by atoms with E-state index in [-0.39, 0.29) is 18.5 Å². The molecular formula is C19H24Cl2N2O3S. The molecule has 0 fully saturated rings. The maximum absolute atomic E-state index is 10.8. The van der Waals surface area contributed by atoms with Crippen LogP contribution in [0.25, 0.3) is 0 Å². The zero-order chi connectivity index (χ0) is 20.0. The number of hydrogen-bond donors (Lipinski definition) is 0. The van der Waals surface area contributed by atoms with Crippen molar-refractivity contribution in [2.45, 2.75) is 56.7 Å². The summed E-state index contributed by atoms with van der Waals surface area (Å²) in [5.74, 6) is 0.795. The van der Waals surface area contributed by atoms with Crippen molar-refractivity contribution < 1.29 is 14.3 Å². The minimum Gasteiger partial charge on any atom is -0.463 e. The molecule has 0 saturated carbocycles. The molecule has 0 spiro atoms. The lowest BCUT2D eigenvalue weighted by Crippen LogP contribution is -2.10. The van der Waals surface area contributed by atoms with E-state index in [2.05, 4.69) is 25.3 Å². The molecule has 1 aromatic carbocycles. The van der Waals surface area contributed by atoms with Gasteiger partial charge in [0.15, 0.2) is 0 Å². The van der Waals surface area contributed by atoms with Crippen molar-refractivity contribution in [2.75, 3.05) is 13.2 Å². The molecule has 0 radical (unpaired) electrons. The molecule has 1 heterocycles. The van der Waals surface area contributed by atoms with Crippen molar-refractivity contribution in [1.29, 1.82) is 0 Å². The minimum atomic E-state index is -0.311. The lowest BCUT2D eigenvalue weighted by molar-refractivity contribution is -0.142. The fraction of sp³-hybridized carbons (Fsp3) is 0.474. The van der Waals surface area contributed by atoms with Crippen molar-refractivity contribution in [3.63, 3.8) is 0 Å². The van der Waals surface area contributed by atoms with Gasteiger partial charge in [0.25, 0.3) is 0 Å². The number of nitrogens with zero attached hydrogens (tertiary/aromatic N) is 2. The SMILES string of the molecule is CCn1c(COCCOC(C)=O)nc(C(C)C)c1Sc1cc(Cl)cc(Cl)c1. The number of halogens is 2. The maximum Gasteiger partial charge on any atom is 0.302 e. The number of carbonyl (C=O) groups excluding carboxylic acids is 1. The summed E-state index contributed by atoms with van der Waals surface area (Å²) in [5, 5.41) is 2.27. The van der Waals surface area contributed by atoms with Gasteiger partial charge in [-0.2, -0.15) is 0 Å². The molecule has 5 nitrogen and oxygen atoms in total. The van der Waals surface area contributed by atoms with Crippen LogP contribution in [-0.4, -0.2) is 28.7 Å². The Labute approximate surface area is 174 Å². The van der Waals surface area contributed by atoms with E-state index in [1.807, 2.05) is 12.1 Å². The highest BCUT2D eigenvalue weighted by atomic mass is 35.5. The van der Waals surface area contributed by atoms with E-state index < -0.39 is 0 Å². The molecule has 0 bridgehead atoms. The standard InChI is InChI=1S/C19H24Cl2N2O3S/c1-5-23-17(11-25-6-7-26-13(4)24)22-18(12(2)3)19(23)27-16-9-14(20)8-15(21)10-16/h8-10,12H,5-7,11H2,1-4H3. The van der Waals surface area contributed by atoms with E-state index >= 15 is 0 Å². The van der Waals surface area contributed by atoms with Gasteiger partial charge in [0.05, 0.1) is 12.3 Å². The summed E-state index contributed by atoms with van der Waals surface area (Å²) in [4.78, 5) is 16.6. The first kappa shape index (κ1) is 22.1. The first-order chi connectivity index (χ1) is 12.8. The van der Waals surface area contributed by atoms with Crippen LogP contribution in [0, 0.1) is 0 Å². The highest BCUT2D eigenvalue weighted by molar-refractivity contribution is 7.99. The van der Waals surface area contributed by atoms with Crippen molar-refractivity contribution in [3.05, 3.63) is 39.8 Å². The Morgan fingerprint density at radius 2 is 1.89 bits per heavy atom. The largest absolute Gasteiger partial charge is 0.463 e. The topological polar surface area (TPSA) is 53.4 Å². The quantitative estimate of drug-likeness (QED) is 0.384. The van der Waals surface area contributed by atoms with E-state index in [1.165, 1.54) is 6.92 Å². The molecule has 0 amide bonds. The normalized spacial score (nSPS) is 11.2. The molecule has 0 saturated heterocycles. The minimum absolute atomic E-state index is 0.238. The zero-order valence-corrected chi connectivity index (χ0v) is 18.2. The van der Waals surface area contributed by atoms with Crippen molar-refractivity contribution in [1.82, 2.24) is 9.55 Å². The Kier molecular flexibility index (Phi) is 8.48. The third-order valence-electron chi connectivity index (χ3n) is 3.70. The number of imidazole rings is 1. The van der Waals surface area contributed by atoms with Crippen LogP contribution >= 0.6 is 35.0 Å². The third kappa shape index (κ3) is 6.42. The highest BCUT2D eigenvalue weighted by Gasteiger charge is 2.20. The summed E-state index contributed by atoms with van der Waals surface area (Å²) in [7, 11) is 0. The van der Waals surface area contributed by atoms with Crippen LogP contribution < -0.4 is 0 Å². The van der Waals surface area contributed by atoms with E-state index in [4.69, 9.17) is 37.7 Å². The molecule has 0 aliphatic carbocycles. The second kappa shape index (κ2) is 10.4. The molecule has 2 rings (SSSR count). The number of aromatic nitrogens is 2. The van der Waals surface area contributed by atoms with Gasteiger partial charge in [-0.25, -0.2) is 4.98 Å². The summed E-state index contributed by atoms with van der Waals surface area (Å²) in [6.45, 7) is 9.37. The monoisotopic (exact) mass is 430 g/mol. The van der Waals surface area contributed by atoms with Crippen molar-refractivity contribution in [3.8, 4) is 0 Å². The summed E-state index contributed by atoms with van der Waals surface area (Å²) < 4.78 is 12.7. The zero-order valence-electron chi connectivity index (χ0n) is 15.9. The Morgan fingerprint density at radius 3 is 2.44 bits per heavy atom. The molecule has 8 heteroatoms. The predicted octanol–water partition coefficient (Wildman–Crippen LogP) is 5.56. The van der Waals surface area contributed by atoms with Crippen LogP contribution in [-0.2, 0) is 27.4 Å². The fourth-order valence-electron chi connectivity index (χ4n) is 2.53. The summed E-state index contributed by atoms with van der Waals surface area (Å²) >= 11 is 13.9. The molecule has 27 heavy (non-hydrogen) atoms. The van der Waals surface area contributed by atoms with Gasteiger partial charge >= 0.3 is 5.97 Å². The molecule has 2 aromatic rings. The molecule has 0 unspecified atom stereocenters. The van der Waals surface area contributed by atoms with Crippen molar-refractivity contribution in [2.24, 2.45) is 0 Å². The first-order valence-electron chi connectivity index (χ1n) is 8.76. The smallest absolute Gasteiger partial charge is 0.302 e. The average Bonchev–Trinajstić information content (AvgIpc) is 2.91. The number of carbonyl (C=O) groups is 1. The summed E-state index contributed by atoms with van der Waals surface area (Å²) in [5.41, 5.74) is 1.01. The van der Waals surface area contributed by atoms with Crippen molar-refractivity contribution >= 4 is 40.9 Å². The van der Waals surface area contributed by atoms with Gasteiger partial charge in [-0.05, 0) is 31.0 Å². The molecular weight excluding hydrogens is 407 g/mol. The molecule has 0 aliphatic rings.